The van der Waals surface area contributed by atoms with Crippen molar-refractivity contribution >= 4 is 52.0 Å². The fourth-order valence-corrected chi connectivity index (χ4v) is 3.95. The quantitative estimate of drug-likeness (QED) is 0.408. The molecule has 0 fully saturated rings. The van der Waals surface area contributed by atoms with E-state index < -0.39 is 0 Å². The second-order valence-corrected chi connectivity index (χ2v) is 8.98. The third-order valence-corrected chi connectivity index (χ3v) is 5.84. The molecule has 1 heterocycles. The lowest BCUT2D eigenvalue weighted by atomic mass is 10.1. The Bertz CT molecular complexity index is 1100. The van der Waals surface area contributed by atoms with Crippen molar-refractivity contribution in [3.63, 3.8) is 0 Å². The van der Waals surface area contributed by atoms with Crippen molar-refractivity contribution in [1.82, 2.24) is 9.88 Å². The van der Waals surface area contributed by atoms with Gasteiger partial charge in [-0.15, -0.1) is 11.3 Å². The van der Waals surface area contributed by atoms with Gasteiger partial charge in [-0.05, 0) is 49.7 Å². The van der Waals surface area contributed by atoms with Gasteiger partial charge in [-0.25, -0.2) is 4.98 Å². The summed E-state index contributed by atoms with van der Waals surface area (Å²) < 4.78 is 5.79. The van der Waals surface area contributed by atoms with Crippen LogP contribution in [0.1, 0.15) is 34.4 Å². The van der Waals surface area contributed by atoms with Crippen LogP contribution in [0.2, 0.25) is 10.0 Å². The van der Waals surface area contributed by atoms with Crippen molar-refractivity contribution in [3.05, 3.63) is 74.2 Å². The first-order valence-corrected chi connectivity index (χ1v) is 11.7. The Kier molecular flexibility index (Phi) is 8.50. The Balaban J connectivity index is 1.67. The lowest BCUT2D eigenvalue weighted by Crippen LogP contribution is -2.38. The standard InChI is InChI=1S/C23H23Cl2N3O3S/c1-3-9-28(12-22(29)27-21-11-17(24)7-8-20(21)25)23(30)16-5-4-6-19(10-16)31-13-18-14-32-15(2)26-18/h4-8,10-11,14H,3,9,12-13H2,1-2H3,(H,27,29). The summed E-state index contributed by atoms with van der Waals surface area (Å²) in [5, 5.41) is 6.46. The zero-order valence-electron chi connectivity index (χ0n) is 17.7. The van der Waals surface area contributed by atoms with Gasteiger partial charge in [0.2, 0.25) is 5.91 Å². The van der Waals surface area contributed by atoms with E-state index >= 15 is 0 Å². The number of nitrogens with one attached hydrogen (secondary N) is 1. The molecule has 0 aliphatic heterocycles. The molecule has 0 bridgehead atoms. The zero-order valence-corrected chi connectivity index (χ0v) is 20.1. The SMILES string of the molecule is CCCN(CC(=O)Nc1cc(Cl)ccc1Cl)C(=O)c1cccc(OCc2csc(C)n2)c1. The summed E-state index contributed by atoms with van der Waals surface area (Å²) >= 11 is 13.7. The Morgan fingerprint density at radius 1 is 1.19 bits per heavy atom. The van der Waals surface area contributed by atoms with Gasteiger partial charge in [-0.2, -0.15) is 0 Å². The van der Waals surface area contributed by atoms with E-state index in [9.17, 15) is 9.59 Å². The summed E-state index contributed by atoms with van der Waals surface area (Å²) in [4.78, 5) is 31.6. The zero-order chi connectivity index (χ0) is 23.1. The third kappa shape index (κ3) is 6.69. The molecule has 0 saturated carbocycles. The molecule has 3 rings (SSSR count). The molecule has 0 atom stereocenters. The van der Waals surface area contributed by atoms with Crippen LogP contribution in [-0.2, 0) is 11.4 Å². The topological polar surface area (TPSA) is 71.5 Å². The molecule has 9 heteroatoms. The number of carbonyl (C=O) groups excluding carboxylic acids is 2. The van der Waals surface area contributed by atoms with Gasteiger partial charge in [0.25, 0.3) is 5.91 Å². The average Bonchev–Trinajstić information content (AvgIpc) is 3.19. The maximum absolute atomic E-state index is 13.1. The number of ether oxygens (including phenoxy) is 1. The van der Waals surface area contributed by atoms with Gasteiger partial charge in [-0.3, -0.25) is 9.59 Å². The van der Waals surface area contributed by atoms with E-state index in [-0.39, 0.29) is 18.4 Å². The molecule has 0 aliphatic carbocycles. The molecular weight excluding hydrogens is 469 g/mol. The molecule has 0 radical (unpaired) electrons. The fourth-order valence-electron chi connectivity index (χ4n) is 3.01. The van der Waals surface area contributed by atoms with Crippen molar-refractivity contribution in [2.24, 2.45) is 0 Å². The van der Waals surface area contributed by atoms with Crippen LogP contribution in [0.4, 0.5) is 5.69 Å². The van der Waals surface area contributed by atoms with Crippen molar-refractivity contribution in [3.8, 4) is 5.75 Å². The number of amides is 2. The highest BCUT2D eigenvalue weighted by Crippen LogP contribution is 2.25. The minimum atomic E-state index is -0.359. The number of aromatic nitrogens is 1. The molecular formula is C23H23Cl2N3O3S. The average molecular weight is 492 g/mol. The minimum absolute atomic E-state index is 0.112. The van der Waals surface area contributed by atoms with E-state index in [4.69, 9.17) is 27.9 Å². The minimum Gasteiger partial charge on any atom is -0.487 e. The first kappa shape index (κ1) is 24.0. The van der Waals surface area contributed by atoms with Crippen LogP contribution in [0, 0.1) is 6.92 Å². The largest absolute Gasteiger partial charge is 0.487 e. The summed E-state index contributed by atoms with van der Waals surface area (Å²) in [7, 11) is 0. The van der Waals surface area contributed by atoms with Crippen LogP contribution in [0.3, 0.4) is 0 Å². The Morgan fingerprint density at radius 2 is 2.00 bits per heavy atom. The first-order chi connectivity index (χ1) is 15.4. The van der Waals surface area contributed by atoms with Gasteiger partial charge in [0, 0.05) is 22.5 Å². The van der Waals surface area contributed by atoms with Gasteiger partial charge in [0.05, 0.1) is 21.4 Å². The Labute approximate surface area is 201 Å². The number of benzene rings is 2. The lowest BCUT2D eigenvalue weighted by molar-refractivity contribution is -0.116. The van der Waals surface area contributed by atoms with Crippen molar-refractivity contribution in [2.75, 3.05) is 18.4 Å². The van der Waals surface area contributed by atoms with Gasteiger partial charge in [-0.1, -0.05) is 36.2 Å². The lowest BCUT2D eigenvalue weighted by Gasteiger charge is -2.22. The van der Waals surface area contributed by atoms with Crippen molar-refractivity contribution in [2.45, 2.75) is 26.9 Å². The number of anilines is 1. The number of rotatable bonds is 9. The van der Waals surface area contributed by atoms with E-state index in [1.807, 2.05) is 19.2 Å². The normalized spacial score (nSPS) is 10.6. The first-order valence-electron chi connectivity index (χ1n) is 10.0. The highest BCUT2D eigenvalue weighted by molar-refractivity contribution is 7.09. The number of hydrogen-bond acceptors (Lipinski definition) is 5. The van der Waals surface area contributed by atoms with Crippen LogP contribution in [0.5, 0.6) is 5.75 Å². The number of nitrogens with zero attached hydrogens (tertiary/aromatic N) is 2. The number of halogens is 2. The van der Waals surface area contributed by atoms with E-state index in [0.717, 1.165) is 10.7 Å². The molecule has 2 amide bonds. The van der Waals surface area contributed by atoms with E-state index in [1.54, 1.807) is 53.8 Å². The predicted octanol–water partition coefficient (Wildman–Crippen LogP) is 5.83. The van der Waals surface area contributed by atoms with Gasteiger partial charge in [0.1, 0.15) is 18.9 Å². The monoisotopic (exact) mass is 491 g/mol. The molecule has 32 heavy (non-hydrogen) atoms. The summed E-state index contributed by atoms with van der Waals surface area (Å²) in [6, 6.07) is 11.7. The van der Waals surface area contributed by atoms with Crippen molar-refractivity contribution in [1.29, 1.82) is 0 Å². The number of aryl methyl sites for hydroxylation is 1. The molecule has 0 unspecified atom stereocenters. The maximum atomic E-state index is 13.1. The summed E-state index contributed by atoms with van der Waals surface area (Å²) in [6.45, 7) is 4.52. The molecule has 0 spiro atoms. The van der Waals surface area contributed by atoms with Crippen molar-refractivity contribution < 1.29 is 14.3 Å². The summed E-state index contributed by atoms with van der Waals surface area (Å²) in [5.74, 6) is -0.0514. The van der Waals surface area contributed by atoms with Crippen LogP contribution < -0.4 is 10.1 Å². The van der Waals surface area contributed by atoms with Gasteiger partial charge < -0.3 is 15.0 Å². The Morgan fingerprint density at radius 3 is 2.72 bits per heavy atom. The second kappa shape index (κ2) is 11.3. The Hall–Kier alpha value is -2.61. The molecule has 6 nitrogen and oxygen atoms in total. The smallest absolute Gasteiger partial charge is 0.254 e. The van der Waals surface area contributed by atoms with E-state index in [1.165, 1.54) is 4.90 Å². The highest BCUT2D eigenvalue weighted by atomic mass is 35.5. The number of carbonyl (C=O) groups is 2. The molecule has 168 valence electrons. The van der Waals surface area contributed by atoms with Gasteiger partial charge in [0.15, 0.2) is 0 Å². The molecule has 0 aliphatic rings. The maximum Gasteiger partial charge on any atom is 0.254 e. The van der Waals surface area contributed by atoms with Crippen LogP contribution in [-0.4, -0.2) is 34.8 Å². The summed E-state index contributed by atoms with van der Waals surface area (Å²) in [6.07, 6.45) is 0.705. The van der Waals surface area contributed by atoms with Crippen LogP contribution in [0.25, 0.3) is 0 Å². The van der Waals surface area contributed by atoms with E-state index in [0.29, 0.717) is 46.6 Å². The molecule has 0 saturated heterocycles. The molecule has 1 aromatic heterocycles. The number of thiazole rings is 1. The molecule has 3 aromatic rings. The van der Waals surface area contributed by atoms with E-state index in [2.05, 4.69) is 10.3 Å². The number of hydrogen-bond donors (Lipinski definition) is 1. The molecule has 2 aromatic carbocycles. The van der Waals surface area contributed by atoms with Crippen LogP contribution in [0.15, 0.2) is 47.8 Å². The third-order valence-electron chi connectivity index (χ3n) is 4.45. The fraction of sp³-hybridized carbons (Fsp3) is 0.261. The highest BCUT2D eigenvalue weighted by Gasteiger charge is 2.19. The second-order valence-electron chi connectivity index (χ2n) is 7.07. The van der Waals surface area contributed by atoms with Gasteiger partial charge >= 0.3 is 0 Å². The van der Waals surface area contributed by atoms with Crippen LogP contribution >= 0.6 is 34.5 Å². The molecule has 1 N–H and O–H groups in total. The summed E-state index contributed by atoms with van der Waals surface area (Å²) in [5.41, 5.74) is 1.69. The predicted molar refractivity (Wildman–Crippen MR) is 129 cm³/mol.